The van der Waals surface area contributed by atoms with Crippen molar-refractivity contribution in [1.29, 1.82) is 0 Å². The molecule has 1 N–H and O–H groups in total. The van der Waals surface area contributed by atoms with E-state index in [0.717, 1.165) is 0 Å². The third-order valence-electron chi connectivity index (χ3n) is 2.57. The maximum atomic E-state index is 13.8. The van der Waals surface area contributed by atoms with Gasteiger partial charge in [-0.1, -0.05) is 11.6 Å². The maximum absolute atomic E-state index is 13.8. The zero-order valence-electron chi connectivity index (χ0n) is 9.60. The van der Waals surface area contributed by atoms with E-state index in [1.165, 1.54) is 31.5 Å². The lowest BCUT2D eigenvalue weighted by atomic mass is 10.0. The molecule has 1 atom stereocenters. The van der Waals surface area contributed by atoms with Crippen LogP contribution in [0.25, 0.3) is 0 Å². The highest BCUT2D eigenvalue weighted by molar-refractivity contribution is 6.29. The van der Waals surface area contributed by atoms with Gasteiger partial charge in [0.05, 0.1) is 7.11 Å². The van der Waals surface area contributed by atoms with Gasteiger partial charge < -0.3 is 9.84 Å². The summed E-state index contributed by atoms with van der Waals surface area (Å²) in [5.74, 6) is -0.133. The van der Waals surface area contributed by atoms with E-state index < -0.39 is 11.9 Å². The summed E-state index contributed by atoms with van der Waals surface area (Å²) in [6, 6.07) is 7.37. The number of rotatable bonds is 3. The lowest BCUT2D eigenvalue weighted by Gasteiger charge is -2.13. The Kier molecular flexibility index (Phi) is 3.79. The fourth-order valence-corrected chi connectivity index (χ4v) is 1.81. The Labute approximate surface area is 109 Å². The largest absolute Gasteiger partial charge is 0.497 e. The molecule has 1 unspecified atom stereocenters. The zero-order valence-corrected chi connectivity index (χ0v) is 10.4. The van der Waals surface area contributed by atoms with Crippen molar-refractivity contribution in [3.05, 3.63) is 58.6 Å². The van der Waals surface area contributed by atoms with Crippen LogP contribution in [0.1, 0.15) is 17.2 Å². The van der Waals surface area contributed by atoms with Crippen LogP contribution in [0.5, 0.6) is 5.75 Å². The van der Waals surface area contributed by atoms with Crippen LogP contribution in [0.2, 0.25) is 5.15 Å². The smallest absolute Gasteiger partial charge is 0.133 e. The topological polar surface area (TPSA) is 42.4 Å². The van der Waals surface area contributed by atoms with Crippen molar-refractivity contribution in [2.24, 2.45) is 0 Å². The third-order valence-corrected chi connectivity index (χ3v) is 2.78. The van der Waals surface area contributed by atoms with Crippen LogP contribution >= 0.6 is 11.6 Å². The monoisotopic (exact) mass is 267 g/mol. The van der Waals surface area contributed by atoms with Gasteiger partial charge in [-0.3, -0.25) is 0 Å². The Hall–Kier alpha value is -1.65. The molecule has 2 rings (SSSR count). The van der Waals surface area contributed by atoms with Crippen molar-refractivity contribution < 1.29 is 14.2 Å². The van der Waals surface area contributed by atoms with E-state index in [4.69, 9.17) is 16.3 Å². The van der Waals surface area contributed by atoms with Crippen LogP contribution in [0.3, 0.4) is 0 Å². The standard InChI is InChI=1S/C13H11ClFNO2/c1-18-9-2-3-10(11(15)7-9)13(17)8-4-5-16-12(14)6-8/h2-7,13,17H,1H3. The first-order valence-electron chi connectivity index (χ1n) is 5.25. The van der Waals surface area contributed by atoms with Gasteiger partial charge in [0.15, 0.2) is 0 Å². The van der Waals surface area contributed by atoms with E-state index in [9.17, 15) is 9.50 Å². The van der Waals surface area contributed by atoms with Crippen LogP contribution < -0.4 is 4.74 Å². The molecule has 1 aromatic carbocycles. The molecule has 0 amide bonds. The fourth-order valence-electron chi connectivity index (χ4n) is 1.62. The second-order valence-electron chi connectivity index (χ2n) is 3.70. The molecule has 94 valence electrons. The van der Waals surface area contributed by atoms with Gasteiger partial charge in [0.2, 0.25) is 0 Å². The highest BCUT2D eigenvalue weighted by Gasteiger charge is 2.16. The van der Waals surface area contributed by atoms with E-state index in [0.29, 0.717) is 11.3 Å². The molecule has 2 aromatic rings. The molecular weight excluding hydrogens is 257 g/mol. The van der Waals surface area contributed by atoms with Crippen molar-refractivity contribution in [1.82, 2.24) is 4.98 Å². The summed E-state index contributed by atoms with van der Waals surface area (Å²) in [6.07, 6.45) is 0.374. The molecule has 0 aliphatic rings. The zero-order chi connectivity index (χ0) is 13.1. The third kappa shape index (κ3) is 2.60. The molecule has 1 aromatic heterocycles. The molecule has 0 saturated heterocycles. The number of pyridine rings is 1. The van der Waals surface area contributed by atoms with Crippen LogP contribution in [-0.2, 0) is 0 Å². The van der Waals surface area contributed by atoms with Crippen molar-refractivity contribution in [2.45, 2.75) is 6.10 Å². The van der Waals surface area contributed by atoms with Gasteiger partial charge in [0.25, 0.3) is 0 Å². The summed E-state index contributed by atoms with van der Waals surface area (Å²) >= 11 is 5.73. The summed E-state index contributed by atoms with van der Waals surface area (Å²) in [6.45, 7) is 0. The predicted octanol–water partition coefficient (Wildman–Crippen LogP) is 2.96. The minimum absolute atomic E-state index is 0.165. The van der Waals surface area contributed by atoms with Gasteiger partial charge in [0.1, 0.15) is 22.8 Å². The summed E-state index contributed by atoms with van der Waals surface area (Å²) < 4.78 is 18.7. The van der Waals surface area contributed by atoms with Crippen LogP contribution in [-0.4, -0.2) is 17.2 Å². The van der Waals surface area contributed by atoms with E-state index in [1.807, 2.05) is 0 Å². The van der Waals surface area contributed by atoms with Gasteiger partial charge in [-0.2, -0.15) is 0 Å². The first kappa shape index (κ1) is 12.8. The number of halogens is 2. The molecule has 0 saturated carbocycles. The SMILES string of the molecule is COc1ccc(C(O)c2ccnc(Cl)c2)c(F)c1. The maximum Gasteiger partial charge on any atom is 0.133 e. The number of nitrogens with zero attached hydrogens (tertiary/aromatic N) is 1. The second-order valence-corrected chi connectivity index (χ2v) is 4.09. The number of hydrogen-bond donors (Lipinski definition) is 1. The number of methoxy groups -OCH3 is 1. The van der Waals surface area contributed by atoms with E-state index in [-0.39, 0.29) is 10.7 Å². The average Bonchev–Trinajstić information content (AvgIpc) is 2.37. The molecule has 0 fully saturated rings. The first-order chi connectivity index (χ1) is 8.61. The van der Waals surface area contributed by atoms with Crippen LogP contribution in [0.15, 0.2) is 36.5 Å². The first-order valence-corrected chi connectivity index (χ1v) is 5.62. The van der Waals surface area contributed by atoms with Gasteiger partial charge in [-0.05, 0) is 29.8 Å². The number of benzene rings is 1. The van der Waals surface area contributed by atoms with E-state index >= 15 is 0 Å². The van der Waals surface area contributed by atoms with E-state index in [2.05, 4.69) is 4.98 Å². The molecule has 18 heavy (non-hydrogen) atoms. The van der Waals surface area contributed by atoms with Crippen molar-refractivity contribution >= 4 is 11.6 Å². The molecule has 0 radical (unpaired) electrons. The molecule has 0 aliphatic heterocycles. The highest BCUT2D eigenvalue weighted by Crippen LogP contribution is 2.27. The minimum Gasteiger partial charge on any atom is -0.497 e. The highest BCUT2D eigenvalue weighted by atomic mass is 35.5. The Morgan fingerprint density at radius 2 is 2.11 bits per heavy atom. The lowest BCUT2D eigenvalue weighted by Crippen LogP contribution is -2.03. The fraction of sp³-hybridized carbons (Fsp3) is 0.154. The second kappa shape index (κ2) is 5.33. The van der Waals surface area contributed by atoms with Crippen molar-refractivity contribution in [2.75, 3.05) is 7.11 Å². The van der Waals surface area contributed by atoms with Crippen LogP contribution in [0.4, 0.5) is 4.39 Å². The number of aliphatic hydroxyl groups excluding tert-OH is 1. The molecular formula is C13H11ClFNO2. The quantitative estimate of drug-likeness (QED) is 0.870. The number of aliphatic hydroxyl groups is 1. The summed E-state index contributed by atoms with van der Waals surface area (Å²) in [7, 11) is 1.45. The van der Waals surface area contributed by atoms with Crippen molar-refractivity contribution in [3.8, 4) is 5.75 Å². The molecule has 0 spiro atoms. The Bertz CT molecular complexity index is 562. The molecule has 1 heterocycles. The Balaban J connectivity index is 2.37. The summed E-state index contributed by atoms with van der Waals surface area (Å²) in [4.78, 5) is 3.81. The number of ether oxygens (including phenoxy) is 1. The molecule has 0 bridgehead atoms. The number of hydrogen-bond acceptors (Lipinski definition) is 3. The Morgan fingerprint density at radius 1 is 1.33 bits per heavy atom. The minimum atomic E-state index is -1.09. The van der Waals surface area contributed by atoms with Crippen molar-refractivity contribution in [3.63, 3.8) is 0 Å². The number of aromatic nitrogens is 1. The summed E-state index contributed by atoms with van der Waals surface area (Å²) in [5.41, 5.74) is 0.650. The molecule has 5 heteroatoms. The van der Waals surface area contributed by atoms with Gasteiger partial charge >= 0.3 is 0 Å². The van der Waals surface area contributed by atoms with Crippen LogP contribution in [0, 0.1) is 5.82 Å². The normalized spacial score (nSPS) is 12.2. The van der Waals surface area contributed by atoms with Gasteiger partial charge in [-0.25, -0.2) is 9.37 Å². The lowest BCUT2D eigenvalue weighted by molar-refractivity contribution is 0.214. The van der Waals surface area contributed by atoms with Gasteiger partial charge in [0, 0.05) is 17.8 Å². The Morgan fingerprint density at radius 3 is 2.72 bits per heavy atom. The molecule has 3 nitrogen and oxygen atoms in total. The van der Waals surface area contributed by atoms with Gasteiger partial charge in [-0.15, -0.1) is 0 Å². The molecule has 0 aliphatic carbocycles. The summed E-state index contributed by atoms with van der Waals surface area (Å²) in [5, 5.41) is 10.3. The average molecular weight is 268 g/mol. The van der Waals surface area contributed by atoms with E-state index in [1.54, 1.807) is 12.1 Å². The predicted molar refractivity (Wildman–Crippen MR) is 66.3 cm³/mol.